The van der Waals surface area contributed by atoms with Crippen molar-refractivity contribution >= 4 is 27.6 Å². The summed E-state index contributed by atoms with van der Waals surface area (Å²) in [7, 11) is 1.65. The van der Waals surface area contributed by atoms with E-state index in [4.69, 9.17) is 13.9 Å². The Bertz CT molecular complexity index is 1070. The first-order valence-electron chi connectivity index (χ1n) is 9.99. The topological polar surface area (TPSA) is 69.0 Å². The lowest BCUT2D eigenvalue weighted by Gasteiger charge is -2.31. The quantitative estimate of drug-likeness (QED) is 0.363. The number of nitrogens with zero attached hydrogens (tertiary/aromatic N) is 1. The average molecular weight is 395 g/mol. The predicted octanol–water partition coefficient (Wildman–Crippen LogP) is 3.46. The monoisotopic (exact) mass is 395 g/mol. The molecular formula is C23H25NO5. The van der Waals surface area contributed by atoms with Crippen LogP contribution in [0.15, 0.2) is 51.7 Å². The van der Waals surface area contributed by atoms with E-state index in [0.29, 0.717) is 44.4 Å². The molecule has 29 heavy (non-hydrogen) atoms. The van der Waals surface area contributed by atoms with Gasteiger partial charge in [-0.3, -0.25) is 4.79 Å². The van der Waals surface area contributed by atoms with Crippen LogP contribution in [0.1, 0.15) is 23.2 Å². The van der Waals surface area contributed by atoms with E-state index >= 15 is 0 Å². The third-order valence-electron chi connectivity index (χ3n) is 5.56. The van der Waals surface area contributed by atoms with Gasteiger partial charge in [-0.1, -0.05) is 30.3 Å². The zero-order valence-corrected chi connectivity index (χ0v) is 16.6. The van der Waals surface area contributed by atoms with E-state index in [1.807, 2.05) is 30.3 Å². The van der Waals surface area contributed by atoms with Crippen LogP contribution in [0.2, 0.25) is 0 Å². The van der Waals surface area contributed by atoms with Crippen molar-refractivity contribution in [1.29, 1.82) is 0 Å². The second kappa shape index (κ2) is 8.76. The van der Waals surface area contributed by atoms with Gasteiger partial charge in [0.15, 0.2) is 0 Å². The van der Waals surface area contributed by atoms with Crippen molar-refractivity contribution in [3.63, 3.8) is 0 Å². The molecule has 3 aromatic rings. The average Bonchev–Trinajstić information content (AvgIpc) is 2.76. The number of rotatable bonds is 6. The molecule has 152 valence electrons. The molecule has 1 fully saturated rings. The van der Waals surface area contributed by atoms with Gasteiger partial charge >= 0.3 is 5.63 Å². The fourth-order valence-corrected chi connectivity index (χ4v) is 3.89. The molecule has 0 radical (unpaired) electrons. The molecule has 0 spiro atoms. The molecule has 0 N–H and O–H groups in total. The summed E-state index contributed by atoms with van der Waals surface area (Å²) in [6.45, 7) is 3.08. The van der Waals surface area contributed by atoms with Crippen LogP contribution in [0.4, 0.5) is 0 Å². The number of carbonyl (C=O) groups excluding carboxylic acids is 1. The first kappa shape index (κ1) is 19.6. The maximum atomic E-state index is 13.0. The standard InChI is InChI=1S/C23H25NO5/c1-27-12-13-28-15-16-8-10-24(11-9-16)22(25)20-14-19-18-5-3-2-4-17(18)6-7-21(19)29-23(20)26/h2-7,14,16H,8-13,15H2,1H3. The van der Waals surface area contributed by atoms with Crippen molar-refractivity contribution in [2.75, 3.05) is 40.0 Å². The Kier molecular flexibility index (Phi) is 5.92. The zero-order valence-electron chi connectivity index (χ0n) is 16.6. The van der Waals surface area contributed by atoms with Crippen LogP contribution in [0.25, 0.3) is 21.7 Å². The summed E-state index contributed by atoms with van der Waals surface area (Å²) in [5, 5.41) is 2.80. The van der Waals surface area contributed by atoms with Crippen molar-refractivity contribution in [2.45, 2.75) is 12.8 Å². The van der Waals surface area contributed by atoms with Crippen LogP contribution < -0.4 is 5.63 Å². The molecule has 0 bridgehead atoms. The summed E-state index contributed by atoms with van der Waals surface area (Å²) in [6, 6.07) is 13.3. The molecule has 2 heterocycles. The predicted molar refractivity (Wildman–Crippen MR) is 111 cm³/mol. The normalized spacial score (nSPS) is 15.3. The number of benzene rings is 2. The molecule has 0 atom stereocenters. The van der Waals surface area contributed by atoms with E-state index in [2.05, 4.69) is 0 Å². The number of likely N-dealkylation sites (tertiary alicyclic amines) is 1. The number of methoxy groups -OCH3 is 1. The number of hydrogen-bond acceptors (Lipinski definition) is 5. The number of ether oxygens (including phenoxy) is 2. The van der Waals surface area contributed by atoms with Crippen LogP contribution in [0.3, 0.4) is 0 Å². The number of fused-ring (bicyclic) bond motifs is 3. The lowest BCUT2D eigenvalue weighted by atomic mass is 9.97. The van der Waals surface area contributed by atoms with Crippen molar-refractivity contribution in [2.24, 2.45) is 5.92 Å². The lowest BCUT2D eigenvalue weighted by Crippen LogP contribution is -2.41. The van der Waals surface area contributed by atoms with Gasteiger partial charge in [0.2, 0.25) is 0 Å². The maximum Gasteiger partial charge on any atom is 0.349 e. The molecule has 6 heteroatoms. The van der Waals surface area contributed by atoms with Gasteiger partial charge in [0.05, 0.1) is 13.2 Å². The molecule has 0 saturated carbocycles. The van der Waals surface area contributed by atoms with Crippen LogP contribution in [-0.4, -0.2) is 50.8 Å². The van der Waals surface area contributed by atoms with Gasteiger partial charge in [-0.15, -0.1) is 0 Å². The second-order valence-electron chi connectivity index (χ2n) is 7.45. The van der Waals surface area contributed by atoms with E-state index < -0.39 is 5.63 Å². The lowest BCUT2D eigenvalue weighted by molar-refractivity contribution is 0.0326. The minimum Gasteiger partial charge on any atom is -0.422 e. The summed E-state index contributed by atoms with van der Waals surface area (Å²) in [6.07, 6.45) is 1.72. The molecule has 6 nitrogen and oxygen atoms in total. The SMILES string of the molecule is COCCOCC1CCN(C(=O)c2cc3c(ccc4ccccc43)oc2=O)CC1. The van der Waals surface area contributed by atoms with Crippen LogP contribution in [0, 0.1) is 5.92 Å². The van der Waals surface area contributed by atoms with Crippen molar-refractivity contribution < 1.29 is 18.7 Å². The molecule has 2 aromatic carbocycles. The van der Waals surface area contributed by atoms with Gasteiger partial charge in [0.25, 0.3) is 5.91 Å². The molecule has 0 aliphatic carbocycles. The Morgan fingerprint density at radius 2 is 1.90 bits per heavy atom. The summed E-state index contributed by atoms with van der Waals surface area (Å²) in [5.74, 6) is 0.167. The molecule has 1 aliphatic heterocycles. The highest BCUT2D eigenvalue weighted by Gasteiger charge is 2.26. The van der Waals surface area contributed by atoms with Crippen molar-refractivity contribution in [3.8, 4) is 0 Å². The van der Waals surface area contributed by atoms with Gasteiger partial charge in [0, 0.05) is 32.2 Å². The van der Waals surface area contributed by atoms with Gasteiger partial charge in [0.1, 0.15) is 11.1 Å². The summed E-state index contributed by atoms with van der Waals surface area (Å²) in [5.41, 5.74) is 0.0172. The third-order valence-corrected chi connectivity index (χ3v) is 5.56. The molecule has 1 aliphatic rings. The van der Waals surface area contributed by atoms with Crippen LogP contribution in [-0.2, 0) is 9.47 Å². The Morgan fingerprint density at radius 3 is 2.69 bits per heavy atom. The molecule has 1 amide bonds. The fraction of sp³-hybridized carbons (Fsp3) is 0.391. The highest BCUT2D eigenvalue weighted by Crippen LogP contribution is 2.26. The van der Waals surface area contributed by atoms with E-state index in [0.717, 1.165) is 29.0 Å². The van der Waals surface area contributed by atoms with E-state index in [1.165, 1.54) is 0 Å². The fourth-order valence-electron chi connectivity index (χ4n) is 3.89. The molecule has 4 rings (SSSR count). The molecule has 1 saturated heterocycles. The van der Waals surface area contributed by atoms with Gasteiger partial charge < -0.3 is 18.8 Å². The highest BCUT2D eigenvalue weighted by atomic mass is 16.5. The summed E-state index contributed by atoms with van der Waals surface area (Å²) >= 11 is 0. The Balaban J connectivity index is 1.51. The summed E-state index contributed by atoms with van der Waals surface area (Å²) in [4.78, 5) is 27.2. The first-order chi connectivity index (χ1) is 14.2. The summed E-state index contributed by atoms with van der Waals surface area (Å²) < 4.78 is 16.1. The molecule has 0 unspecified atom stereocenters. The largest absolute Gasteiger partial charge is 0.422 e. The Morgan fingerprint density at radius 1 is 1.10 bits per heavy atom. The highest BCUT2D eigenvalue weighted by molar-refractivity contribution is 6.07. The van der Waals surface area contributed by atoms with Gasteiger partial charge in [-0.05, 0) is 41.7 Å². The zero-order chi connectivity index (χ0) is 20.2. The van der Waals surface area contributed by atoms with Crippen LogP contribution in [0.5, 0.6) is 0 Å². The third kappa shape index (κ3) is 4.18. The first-order valence-corrected chi connectivity index (χ1v) is 9.99. The van der Waals surface area contributed by atoms with Crippen LogP contribution >= 0.6 is 0 Å². The second-order valence-corrected chi connectivity index (χ2v) is 7.45. The van der Waals surface area contributed by atoms with E-state index in [1.54, 1.807) is 24.1 Å². The van der Waals surface area contributed by atoms with Gasteiger partial charge in [-0.25, -0.2) is 4.79 Å². The number of amides is 1. The number of carbonyl (C=O) groups is 1. The Labute approximate surface area is 169 Å². The molecular weight excluding hydrogens is 370 g/mol. The van der Waals surface area contributed by atoms with Gasteiger partial charge in [-0.2, -0.15) is 0 Å². The molecule has 1 aromatic heterocycles. The maximum absolute atomic E-state index is 13.0. The van der Waals surface area contributed by atoms with E-state index in [-0.39, 0.29) is 11.5 Å². The van der Waals surface area contributed by atoms with Crippen molar-refractivity contribution in [1.82, 2.24) is 4.90 Å². The minimum atomic E-state index is -0.581. The van der Waals surface area contributed by atoms with E-state index in [9.17, 15) is 9.59 Å². The number of piperidine rings is 1. The Hall–Kier alpha value is -2.70. The smallest absolute Gasteiger partial charge is 0.349 e. The number of hydrogen-bond donors (Lipinski definition) is 0. The van der Waals surface area contributed by atoms with Crippen molar-refractivity contribution in [3.05, 3.63) is 58.4 Å². The minimum absolute atomic E-state index is 0.101.